The first-order valence-electron chi connectivity index (χ1n) is 7.65. The maximum Gasteiger partial charge on any atom is 0.224 e. The van der Waals surface area contributed by atoms with E-state index in [4.69, 9.17) is 9.47 Å². The van der Waals surface area contributed by atoms with Crippen molar-refractivity contribution in [3.05, 3.63) is 53.6 Å². The predicted molar refractivity (Wildman–Crippen MR) is 92.9 cm³/mol. The fourth-order valence-corrected chi connectivity index (χ4v) is 2.33. The van der Waals surface area contributed by atoms with Gasteiger partial charge in [-0.2, -0.15) is 0 Å². The van der Waals surface area contributed by atoms with Crippen LogP contribution in [0.5, 0.6) is 11.5 Å². The number of methoxy groups -OCH3 is 2. The van der Waals surface area contributed by atoms with E-state index in [1.165, 1.54) is 7.11 Å². The largest absolute Gasteiger partial charge is 0.497 e. The van der Waals surface area contributed by atoms with E-state index in [1.807, 2.05) is 13.0 Å². The van der Waals surface area contributed by atoms with Crippen LogP contribution in [0.1, 0.15) is 28.8 Å². The van der Waals surface area contributed by atoms with Gasteiger partial charge in [0.1, 0.15) is 11.5 Å². The molecule has 2 aromatic rings. The number of hydrogen-bond acceptors (Lipinski definition) is 4. The lowest BCUT2D eigenvalue weighted by Gasteiger charge is -2.09. The number of Topliss-reactive ketones (excluding diaryl/α,β-unsaturated/α-hetero) is 1. The summed E-state index contributed by atoms with van der Waals surface area (Å²) in [4.78, 5) is 24.4. The monoisotopic (exact) mass is 327 g/mol. The van der Waals surface area contributed by atoms with Crippen molar-refractivity contribution < 1.29 is 19.1 Å². The van der Waals surface area contributed by atoms with Crippen molar-refractivity contribution in [2.45, 2.75) is 19.8 Å². The van der Waals surface area contributed by atoms with E-state index in [-0.39, 0.29) is 24.5 Å². The molecule has 2 rings (SSSR count). The van der Waals surface area contributed by atoms with Gasteiger partial charge in [0.25, 0.3) is 0 Å². The van der Waals surface area contributed by atoms with Crippen molar-refractivity contribution in [3.8, 4) is 11.5 Å². The quantitative estimate of drug-likeness (QED) is 0.789. The molecule has 126 valence electrons. The number of ether oxygens (including phenoxy) is 2. The smallest absolute Gasteiger partial charge is 0.224 e. The summed E-state index contributed by atoms with van der Waals surface area (Å²) in [6.45, 7) is 1.91. The van der Waals surface area contributed by atoms with Crippen molar-refractivity contribution in [1.29, 1.82) is 0 Å². The molecular formula is C19H21NO4. The average molecular weight is 327 g/mol. The van der Waals surface area contributed by atoms with Gasteiger partial charge in [0.15, 0.2) is 5.78 Å². The zero-order valence-corrected chi connectivity index (χ0v) is 14.1. The topological polar surface area (TPSA) is 64.6 Å². The van der Waals surface area contributed by atoms with Gasteiger partial charge in [0.05, 0.1) is 19.8 Å². The number of carbonyl (C=O) groups is 2. The third-order valence-electron chi connectivity index (χ3n) is 3.59. The third-order valence-corrected chi connectivity index (χ3v) is 3.59. The summed E-state index contributed by atoms with van der Waals surface area (Å²) < 4.78 is 10.3. The van der Waals surface area contributed by atoms with Crippen molar-refractivity contribution in [1.82, 2.24) is 0 Å². The Kier molecular flexibility index (Phi) is 5.95. The van der Waals surface area contributed by atoms with Crippen LogP contribution in [-0.4, -0.2) is 25.9 Å². The highest BCUT2D eigenvalue weighted by Gasteiger charge is 2.14. The van der Waals surface area contributed by atoms with Crippen LogP contribution in [0.4, 0.5) is 5.69 Å². The predicted octanol–water partition coefficient (Wildman–Crippen LogP) is 3.61. The third kappa shape index (κ3) is 4.59. The molecule has 0 fully saturated rings. The molecule has 0 heterocycles. The van der Waals surface area contributed by atoms with Gasteiger partial charge in [-0.3, -0.25) is 9.59 Å². The standard InChI is InChI=1S/C19H21NO4/c1-13-7-9-18(24-3)16(11-13)17(21)8-10-19(22)20-14-5-4-6-15(12-14)23-2/h4-7,9,11-12H,8,10H2,1-3H3,(H,20,22). The van der Waals surface area contributed by atoms with Gasteiger partial charge in [0, 0.05) is 24.6 Å². The van der Waals surface area contributed by atoms with Crippen LogP contribution < -0.4 is 14.8 Å². The van der Waals surface area contributed by atoms with Gasteiger partial charge >= 0.3 is 0 Å². The molecule has 0 radical (unpaired) electrons. The molecule has 0 saturated carbocycles. The first-order chi connectivity index (χ1) is 11.5. The highest BCUT2D eigenvalue weighted by molar-refractivity contribution is 6.01. The van der Waals surface area contributed by atoms with E-state index in [9.17, 15) is 9.59 Å². The number of benzene rings is 2. The zero-order valence-electron chi connectivity index (χ0n) is 14.1. The number of amides is 1. The minimum atomic E-state index is -0.219. The van der Waals surface area contributed by atoms with Crippen LogP contribution in [0.15, 0.2) is 42.5 Å². The summed E-state index contributed by atoms with van der Waals surface area (Å²) in [5.74, 6) is 0.853. The normalized spacial score (nSPS) is 10.1. The Morgan fingerprint density at radius 1 is 1.00 bits per heavy atom. The molecule has 0 unspecified atom stereocenters. The summed E-state index contributed by atoms with van der Waals surface area (Å²) in [5, 5.41) is 2.76. The van der Waals surface area contributed by atoms with E-state index >= 15 is 0 Å². The molecule has 0 bridgehead atoms. The van der Waals surface area contributed by atoms with Gasteiger partial charge < -0.3 is 14.8 Å². The van der Waals surface area contributed by atoms with Crippen molar-refractivity contribution in [3.63, 3.8) is 0 Å². The summed E-state index contributed by atoms with van der Waals surface area (Å²) >= 11 is 0. The average Bonchev–Trinajstić information content (AvgIpc) is 2.59. The number of carbonyl (C=O) groups excluding carboxylic acids is 2. The molecule has 0 aliphatic heterocycles. The van der Waals surface area contributed by atoms with E-state index in [2.05, 4.69) is 5.32 Å². The molecule has 5 nitrogen and oxygen atoms in total. The molecular weight excluding hydrogens is 306 g/mol. The van der Waals surface area contributed by atoms with Crippen LogP contribution in [0.3, 0.4) is 0 Å². The minimum absolute atomic E-state index is 0.104. The Bertz CT molecular complexity index is 740. The van der Waals surface area contributed by atoms with Crippen LogP contribution in [-0.2, 0) is 4.79 Å². The number of hydrogen-bond donors (Lipinski definition) is 1. The van der Waals surface area contributed by atoms with Crippen LogP contribution in [0.25, 0.3) is 0 Å². The van der Waals surface area contributed by atoms with Crippen molar-refractivity contribution in [2.24, 2.45) is 0 Å². The summed E-state index contributed by atoms with van der Waals surface area (Å²) in [6, 6.07) is 12.5. The maximum atomic E-state index is 12.4. The second kappa shape index (κ2) is 8.15. The second-order valence-electron chi connectivity index (χ2n) is 5.41. The van der Waals surface area contributed by atoms with Gasteiger partial charge in [-0.1, -0.05) is 17.7 Å². The zero-order chi connectivity index (χ0) is 17.5. The number of ketones is 1. The summed E-state index contributed by atoms with van der Waals surface area (Å²) in [7, 11) is 3.09. The minimum Gasteiger partial charge on any atom is -0.497 e. The number of anilines is 1. The van der Waals surface area contributed by atoms with Crippen LogP contribution in [0, 0.1) is 6.92 Å². The Labute approximate surface area is 141 Å². The highest BCUT2D eigenvalue weighted by atomic mass is 16.5. The fourth-order valence-electron chi connectivity index (χ4n) is 2.33. The van der Waals surface area contributed by atoms with Gasteiger partial charge in [0.2, 0.25) is 5.91 Å². The molecule has 0 aliphatic rings. The SMILES string of the molecule is COc1cccc(NC(=O)CCC(=O)c2cc(C)ccc2OC)c1. The lowest BCUT2D eigenvalue weighted by Crippen LogP contribution is -2.14. The molecule has 0 atom stereocenters. The number of aryl methyl sites for hydroxylation is 1. The molecule has 2 aromatic carbocycles. The lowest BCUT2D eigenvalue weighted by molar-refractivity contribution is -0.116. The van der Waals surface area contributed by atoms with Crippen molar-refractivity contribution in [2.75, 3.05) is 19.5 Å². The second-order valence-corrected chi connectivity index (χ2v) is 5.41. The molecule has 0 spiro atoms. The van der Waals surface area contributed by atoms with E-state index in [0.717, 1.165) is 5.56 Å². The van der Waals surface area contributed by atoms with E-state index in [0.29, 0.717) is 22.7 Å². The highest BCUT2D eigenvalue weighted by Crippen LogP contribution is 2.22. The van der Waals surface area contributed by atoms with Gasteiger partial charge in [-0.25, -0.2) is 0 Å². The van der Waals surface area contributed by atoms with Crippen LogP contribution >= 0.6 is 0 Å². The van der Waals surface area contributed by atoms with E-state index < -0.39 is 0 Å². The maximum absolute atomic E-state index is 12.4. The molecule has 1 N–H and O–H groups in total. The molecule has 1 amide bonds. The van der Waals surface area contributed by atoms with Gasteiger partial charge in [-0.15, -0.1) is 0 Å². The number of nitrogens with one attached hydrogen (secondary N) is 1. The fraction of sp³-hybridized carbons (Fsp3) is 0.263. The van der Waals surface area contributed by atoms with E-state index in [1.54, 1.807) is 43.5 Å². The molecule has 5 heteroatoms. The Morgan fingerprint density at radius 3 is 2.50 bits per heavy atom. The molecule has 24 heavy (non-hydrogen) atoms. The Balaban J connectivity index is 1.96. The molecule has 0 aliphatic carbocycles. The van der Waals surface area contributed by atoms with Crippen molar-refractivity contribution >= 4 is 17.4 Å². The number of rotatable bonds is 7. The first-order valence-corrected chi connectivity index (χ1v) is 7.65. The summed E-state index contributed by atoms with van der Waals surface area (Å²) in [6.07, 6.45) is 0.225. The molecule has 0 aromatic heterocycles. The van der Waals surface area contributed by atoms with Crippen LogP contribution in [0.2, 0.25) is 0 Å². The van der Waals surface area contributed by atoms with Gasteiger partial charge in [-0.05, 0) is 31.2 Å². The Hall–Kier alpha value is -2.82. The molecule has 0 saturated heterocycles. The first kappa shape index (κ1) is 17.5. The summed E-state index contributed by atoms with van der Waals surface area (Å²) in [5.41, 5.74) is 2.12. The lowest BCUT2D eigenvalue weighted by atomic mass is 10.0. The Morgan fingerprint density at radius 2 is 1.79 bits per heavy atom.